The highest BCUT2D eigenvalue weighted by Crippen LogP contribution is 2.37. The first-order chi connectivity index (χ1) is 11.7. The molecule has 1 aliphatic carbocycles. The summed E-state index contributed by atoms with van der Waals surface area (Å²) in [4.78, 5) is 16.4. The molecule has 0 unspecified atom stereocenters. The van der Waals surface area contributed by atoms with Crippen molar-refractivity contribution in [1.82, 2.24) is 10.1 Å². The van der Waals surface area contributed by atoms with Gasteiger partial charge in [0.1, 0.15) is 6.10 Å². The molecule has 126 valence electrons. The van der Waals surface area contributed by atoms with Crippen molar-refractivity contribution in [3.05, 3.63) is 35.2 Å². The van der Waals surface area contributed by atoms with Gasteiger partial charge >= 0.3 is 5.97 Å². The minimum atomic E-state index is -0.129. The van der Waals surface area contributed by atoms with Crippen molar-refractivity contribution in [2.45, 2.75) is 44.6 Å². The number of aromatic nitrogens is 2. The van der Waals surface area contributed by atoms with E-state index in [9.17, 15) is 4.79 Å². The Morgan fingerprint density at radius 3 is 2.96 bits per heavy atom. The summed E-state index contributed by atoms with van der Waals surface area (Å²) in [7, 11) is 0. The molecule has 2 aliphatic rings. The Bertz CT molecular complexity index is 751. The third-order valence-electron chi connectivity index (χ3n) is 4.69. The molecule has 1 atom stereocenters. The number of carbonyl (C=O) groups is 1. The summed E-state index contributed by atoms with van der Waals surface area (Å²) >= 11 is 0. The molecule has 1 aromatic carbocycles. The Morgan fingerprint density at radius 1 is 1.38 bits per heavy atom. The molecule has 6 heteroatoms. The predicted octanol–water partition coefficient (Wildman–Crippen LogP) is 2.66. The van der Waals surface area contributed by atoms with Crippen LogP contribution in [0.1, 0.15) is 42.7 Å². The summed E-state index contributed by atoms with van der Waals surface area (Å²) in [6.45, 7) is 3.04. The van der Waals surface area contributed by atoms with E-state index in [1.807, 2.05) is 13.0 Å². The Hall–Kier alpha value is -2.21. The molecule has 0 amide bonds. The number of nitrogens with zero attached hydrogens (tertiary/aromatic N) is 2. The van der Waals surface area contributed by atoms with Crippen LogP contribution in [0.3, 0.4) is 0 Å². The zero-order valence-corrected chi connectivity index (χ0v) is 13.7. The fraction of sp³-hybridized carbons (Fsp3) is 0.500. The van der Waals surface area contributed by atoms with Crippen LogP contribution in [-0.2, 0) is 27.1 Å². The van der Waals surface area contributed by atoms with Crippen LogP contribution in [0, 0.1) is 0 Å². The van der Waals surface area contributed by atoms with Crippen LogP contribution in [0.25, 0.3) is 11.4 Å². The van der Waals surface area contributed by atoms with Gasteiger partial charge in [-0.25, -0.2) is 0 Å². The Morgan fingerprint density at radius 2 is 2.25 bits per heavy atom. The zero-order valence-electron chi connectivity index (χ0n) is 13.7. The predicted molar refractivity (Wildman–Crippen MR) is 85.5 cm³/mol. The summed E-state index contributed by atoms with van der Waals surface area (Å²) in [5, 5.41) is 4.03. The first kappa shape index (κ1) is 15.3. The van der Waals surface area contributed by atoms with Gasteiger partial charge in [-0.05, 0) is 36.0 Å². The normalized spacial score (nSPS) is 19.8. The van der Waals surface area contributed by atoms with E-state index < -0.39 is 0 Å². The number of fused-ring (bicyclic) bond motifs is 1. The number of aryl methyl sites for hydroxylation is 2. The van der Waals surface area contributed by atoms with Crippen LogP contribution in [0.5, 0.6) is 0 Å². The number of esters is 1. The highest BCUT2D eigenvalue weighted by atomic mass is 16.6. The second-order valence-corrected chi connectivity index (χ2v) is 6.37. The number of hydrogen-bond acceptors (Lipinski definition) is 6. The second kappa shape index (κ2) is 6.36. The van der Waals surface area contributed by atoms with Gasteiger partial charge in [0, 0.05) is 12.0 Å². The molecule has 1 fully saturated rings. The maximum absolute atomic E-state index is 12.0. The molecule has 2 aromatic rings. The molecular formula is C18H20N2O4. The van der Waals surface area contributed by atoms with Gasteiger partial charge in [0.15, 0.2) is 0 Å². The molecule has 0 radical (unpaired) electrons. The van der Waals surface area contributed by atoms with Crippen LogP contribution in [0.2, 0.25) is 0 Å². The van der Waals surface area contributed by atoms with Crippen molar-refractivity contribution in [2.75, 3.05) is 13.2 Å². The highest BCUT2D eigenvalue weighted by Gasteiger charge is 2.28. The molecule has 1 aromatic heterocycles. The lowest BCUT2D eigenvalue weighted by Gasteiger charge is -2.26. The van der Waals surface area contributed by atoms with E-state index in [1.165, 1.54) is 11.1 Å². The molecule has 1 aliphatic heterocycles. The molecular weight excluding hydrogens is 308 g/mol. The largest absolute Gasteiger partial charge is 0.457 e. The lowest BCUT2D eigenvalue weighted by Crippen LogP contribution is -2.38. The van der Waals surface area contributed by atoms with Crippen LogP contribution in [0.4, 0.5) is 0 Å². The molecule has 0 N–H and O–H groups in total. The SMILES string of the molecule is CCc1nc(-c2ccc3c(c2)CC[C@H]3CC(=O)OC2COC2)no1. The van der Waals surface area contributed by atoms with Crippen molar-refractivity contribution in [3.63, 3.8) is 0 Å². The molecule has 1 saturated heterocycles. The quantitative estimate of drug-likeness (QED) is 0.786. The number of rotatable bonds is 5. The first-order valence-corrected chi connectivity index (χ1v) is 8.46. The summed E-state index contributed by atoms with van der Waals surface area (Å²) < 4.78 is 15.6. The van der Waals surface area contributed by atoms with Crippen LogP contribution < -0.4 is 0 Å². The summed E-state index contributed by atoms with van der Waals surface area (Å²) in [5.41, 5.74) is 3.46. The van der Waals surface area contributed by atoms with E-state index in [0.717, 1.165) is 24.8 Å². The van der Waals surface area contributed by atoms with Gasteiger partial charge in [-0.3, -0.25) is 4.79 Å². The van der Waals surface area contributed by atoms with Gasteiger partial charge < -0.3 is 14.0 Å². The van der Waals surface area contributed by atoms with Gasteiger partial charge in [0.25, 0.3) is 0 Å². The summed E-state index contributed by atoms with van der Waals surface area (Å²) in [6.07, 6.45) is 3.05. The molecule has 0 saturated carbocycles. The van der Waals surface area contributed by atoms with E-state index in [-0.39, 0.29) is 18.0 Å². The Labute approximate surface area is 140 Å². The first-order valence-electron chi connectivity index (χ1n) is 8.46. The van der Waals surface area contributed by atoms with Crippen molar-refractivity contribution in [1.29, 1.82) is 0 Å². The second-order valence-electron chi connectivity index (χ2n) is 6.37. The average Bonchev–Trinajstić information content (AvgIpc) is 3.18. The lowest BCUT2D eigenvalue weighted by molar-refractivity contribution is -0.172. The zero-order chi connectivity index (χ0) is 16.5. The van der Waals surface area contributed by atoms with Crippen molar-refractivity contribution in [3.8, 4) is 11.4 Å². The van der Waals surface area contributed by atoms with Gasteiger partial charge in [-0.15, -0.1) is 0 Å². The molecule has 4 rings (SSSR count). The fourth-order valence-electron chi connectivity index (χ4n) is 3.29. The smallest absolute Gasteiger partial charge is 0.306 e. The summed E-state index contributed by atoms with van der Waals surface area (Å²) in [6, 6.07) is 6.21. The highest BCUT2D eigenvalue weighted by molar-refractivity contribution is 5.71. The van der Waals surface area contributed by atoms with Crippen molar-refractivity contribution >= 4 is 5.97 Å². The number of carbonyl (C=O) groups excluding carboxylic acids is 1. The Kier molecular flexibility index (Phi) is 4.06. The third kappa shape index (κ3) is 2.94. The third-order valence-corrected chi connectivity index (χ3v) is 4.69. The topological polar surface area (TPSA) is 74.5 Å². The van der Waals surface area contributed by atoms with Gasteiger partial charge in [-0.2, -0.15) is 4.98 Å². The fourth-order valence-corrected chi connectivity index (χ4v) is 3.29. The minimum Gasteiger partial charge on any atom is -0.457 e. The maximum atomic E-state index is 12.0. The van der Waals surface area contributed by atoms with Crippen LogP contribution in [-0.4, -0.2) is 35.4 Å². The minimum absolute atomic E-state index is 0.0493. The number of hydrogen-bond donors (Lipinski definition) is 0. The molecule has 6 nitrogen and oxygen atoms in total. The molecule has 0 spiro atoms. The van der Waals surface area contributed by atoms with Crippen LogP contribution in [0.15, 0.2) is 22.7 Å². The Balaban J connectivity index is 1.46. The number of benzene rings is 1. The van der Waals surface area contributed by atoms with E-state index in [0.29, 0.717) is 31.3 Å². The van der Waals surface area contributed by atoms with Gasteiger partial charge in [0.05, 0.1) is 19.6 Å². The summed E-state index contributed by atoms with van der Waals surface area (Å²) in [5.74, 6) is 1.38. The van der Waals surface area contributed by atoms with Gasteiger partial charge in [-0.1, -0.05) is 24.2 Å². The number of ether oxygens (including phenoxy) is 2. The van der Waals surface area contributed by atoms with E-state index in [4.69, 9.17) is 14.0 Å². The standard InChI is InChI=1S/C18H20N2O4/c1-2-16-19-18(20-24-16)13-5-6-15-11(7-13)3-4-12(15)8-17(21)23-14-9-22-10-14/h5-7,12,14H,2-4,8-10H2,1H3/t12-/m0/s1. The van der Waals surface area contributed by atoms with Crippen molar-refractivity contribution in [2.24, 2.45) is 0 Å². The monoisotopic (exact) mass is 328 g/mol. The maximum Gasteiger partial charge on any atom is 0.306 e. The van der Waals surface area contributed by atoms with Crippen molar-refractivity contribution < 1.29 is 18.8 Å². The molecule has 0 bridgehead atoms. The molecule has 24 heavy (non-hydrogen) atoms. The van der Waals surface area contributed by atoms with E-state index in [2.05, 4.69) is 22.3 Å². The van der Waals surface area contributed by atoms with E-state index in [1.54, 1.807) is 0 Å². The van der Waals surface area contributed by atoms with E-state index >= 15 is 0 Å². The average molecular weight is 328 g/mol. The molecule has 2 heterocycles. The van der Waals surface area contributed by atoms with Crippen LogP contribution >= 0.6 is 0 Å². The lowest BCUT2D eigenvalue weighted by atomic mass is 9.97. The van der Waals surface area contributed by atoms with Gasteiger partial charge in [0.2, 0.25) is 11.7 Å².